The Balaban J connectivity index is 2.04. The second-order valence-electron chi connectivity index (χ2n) is 4.54. The van der Waals surface area contributed by atoms with E-state index in [-0.39, 0.29) is 0 Å². The first-order chi connectivity index (χ1) is 9.16. The minimum atomic E-state index is 0.660. The number of aromatic nitrogens is 4. The van der Waals surface area contributed by atoms with Gasteiger partial charge in [0.05, 0.1) is 23.9 Å². The van der Waals surface area contributed by atoms with Crippen molar-refractivity contribution < 1.29 is 4.42 Å². The number of aryl methyl sites for hydroxylation is 2. The SMILES string of the molecule is Cc1nn(C)c2ncnc(N(C)Cc3ccco3)c12. The van der Waals surface area contributed by atoms with Crippen molar-refractivity contribution in [2.24, 2.45) is 7.05 Å². The first-order valence-electron chi connectivity index (χ1n) is 6.04. The maximum Gasteiger partial charge on any atom is 0.163 e. The zero-order valence-electron chi connectivity index (χ0n) is 11.2. The van der Waals surface area contributed by atoms with Crippen molar-refractivity contribution in [3.05, 3.63) is 36.2 Å². The van der Waals surface area contributed by atoms with Crippen LogP contribution in [-0.2, 0) is 13.6 Å². The van der Waals surface area contributed by atoms with Gasteiger partial charge in [-0.2, -0.15) is 5.10 Å². The molecule has 0 aromatic carbocycles. The van der Waals surface area contributed by atoms with E-state index in [0.29, 0.717) is 6.54 Å². The van der Waals surface area contributed by atoms with Gasteiger partial charge in [-0.15, -0.1) is 0 Å². The van der Waals surface area contributed by atoms with Crippen molar-refractivity contribution in [2.45, 2.75) is 13.5 Å². The second kappa shape index (κ2) is 4.38. The first-order valence-corrected chi connectivity index (χ1v) is 6.04. The largest absolute Gasteiger partial charge is 0.467 e. The Morgan fingerprint density at radius 1 is 1.37 bits per heavy atom. The Morgan fingerprint density at radius 2 is 2.21 bits per heavy atom. The molecule has 0 bridgehead atoms. The van der Waals surface area contributed by atoms with Gasteiger partial charge in [0.25, 0.3) is 0 Å². The van der Waals surface area contributed by atoms with Crippen molar-refractivity contribution in [2.75, 3.05) is 11.9 Å². The summed E-state index contributed by atoms with van der Waals surface area (Å²) in [5, 5.41) is 5.38. The van der Waals surface area contributed by atoms with E-state index >= 15 is 0 Å². The van der Waals surface area contributed by atoms with Gasteiger partial charge in [-0.05, 0) is 19.1 Å². The Hall–Kier alpha value is -2.37. The number of furan rings is 1. The van der Waals surface area contributed by atoms with E-state index in [1.165, 1.54) is 0 Å². The number of rotatable bonds is 3. The van der Waals surface area contributed by atoms with Crippen LogP contribution in [0.1, 0.15) is 11.5 Å². The van der Waals surface area contributed by atoms with Crippen LogP contribution in [0.5, 0.6) is 0 Å². The Kier molecular flexibility index (Phi) is 2.70. The van der Waals surface area contributed by atoms with Crippen LogP contribution in [0.2, 0.25) is 0 Å². The minimum Gasteiger partial charge on any atom is -0.467 e. The highest BCUT2D eigenvalue weighted by Crippen LogP contribution is 2.25. The van der Waals surface area contributed by atoms with Gasteiger partial charge in [0.1, 0.15) is 17.9 Å². The van der Waals surface area contributed by atoms with Crippen molar-refractivity contribution >= 4 is 16.9 Å². The van der Waals surface area contributed by atoms with Gasteiger partial charge in [-0.25, -0.2) is 9.97 Å². The average molecular weight is 257 g/mol. The summed E-state index contributed by atoms with van der Waals surface area (Å²) in [6, 6.07) is 3.83. The normalized spacial score (nSPS) is 11.1. The Morgan fingerprint density at radius 3 is 2.95 bits per heavy atom. The fourth-order valence-corrected chi connectivity index (χ4v) is 2.26. The van der Waals surface area contributed by atoms with Crippen molar-refractivity contribution in [1.82, 2.24) is 19.7 Å². The zero-order chi connectivity index (χ0) is 13.4. The molecule has 0 fully saturated rings. The lowest BCUT2D eigenvalue weighted by Gasteiger charge is -2.17. The van der Waals surface area contributed by atoms with E-state index in [9.17, 15) is 0 Å². The quantitative estimate of drug-likeness (QED) is 0.717. The lowest BCUT2D eigenvalue weighted by Crippen LogP contribution is -2.17. The third-order valence-electron chi connectivity index (χ3n) is 3.11. The standard InChI is InChI=1S/C13H15N5O/c1-9-11-12(14-8-15-13(11)18(3)16-9)17(2)7-10-5-4-6-19-10/h4-6,8H,7H2,1-3H3. The molecule has 19 heavy (non-hydrogen) atoms. The van der Waals surface area contributed by atoms with Crippen LogP contribution in [-0.4, -0.2) is 26.8 Å². The van der Waals surface area contributed by atoms with Gasteiger partial charge in [0.2, 0.25) is 0 Å². The van der Waals surface area contributed by atoms with Crippen LogP contribution in [0.25, 0.3) is 11.0 Å². The smallest absolute Gasteiger partial charge is 0.163 e. The molecule has 0 aliphatic carbocycles. The molecular formula is C13H15N5O. The maximum absolute atomic E-state index is 5.37. The third-order valence-corrected chi connectivity index (χ3v) is 3.11. The van der Waals surface area contributed by atoms with Crippen molar-refractivity contribution in [3.8, 4) is 0 Å². The lowest BCUT2D eigenvalue weighted by molar-refractivity contribution is 0.507. The molecule has 0 radical (unpaired) electrons. The molecule has 6 nitrogen and oxygen atoms in total. The zero-order valence-corrected chi connectivity index (χ0v) is 11.2. The summed E-state index contributed by atoms with van der Waals surface area (Å²) in [5.74, 6) is 1.77. The van der Waals surface area contributed by atoms with Gasteiger partial charge in [0.15, 0.2) is 5.65 Å². The highest BCUT2D eigenvalue weighted by molar-refractivity contribution is 5.89. The van der Waals surface area contributed by atoms with Crippen LogP contribution >= 0.6 is 0 Å². The second-order valence-corrected chi connectivity index (χ2v) is 4.54. The van der Waals surface area contributed by atoms with Crippen LogP contribution in [0, 0.1) is 6.92 Å². The maximum atomic E-state index is 5.37. The van der Waals surface area contributed by atoms with E-state index in [1.54, 1.807) is 17.3 Å². The molecule has 0 atom stereocenters. The van der Waals surface area contributed by atoms with Crippen LogP contribution in [0.3, 0.4) is 0 Å². The molecule has 0 saturated heterocycles. The molecule has 0 spiro atoms. The summed E-state index contributed by atoms with van der Waals surface area (Å²) in [4.78, 5) is 10.7. The molecule has 0 aliphatic heterocycles. The number of hydrogen-bond acceptors (Lipinski definition) is 5. The molecule has 0 N–H and O–H groups in total. The molecule has 98 valence electrons. The summed E-state index contributed by atoms with van der Waals surface area (Å²) in [6.45, 7) is 2.63. The molecule has 3 aromatic heterocycles. The van der Waals surface area contributed by atoms with E-state index in [1.807, 2.05) is 38.1 Å². The minimum absolute atomic E-state index is 0.660. The predicted molar refractivity (Wildman–Crippen MR) is 71.9 cm³/mol. The predicted octanol–water partition coefficient (Wildman–Crippen LogP) is 1.90. The molecule has 3 aromatic rings. The summed E-state index contributed by atoms with van der Waals surface area (Å²) >= 11 is 0. The summed E-state index contributed by atoms with van der Waals surface area (Å²) in [7, 11) is 3.87. The van der Waals surface area contributed by atoms with Crippen molar-refractivity contribution in [3.63, 3.8) is 0 Å². The first kappa shape index (κ1) is 11.7. The fourth-order valence-electron chi connectivity index (χ4n) is 2.26. The van der Waals surface area contributed by atoms with E-state index < -0.39 is 0 Å². The number of fused-ring (bicyclic) bond motifs is 1. The summed E-state index contributed by atoms with van der Waals surface area (Å²) < 4.78 is 7.14. The van der Waals surface area contributed by atoms with Crippen LogP contribution in [0.4, 0.5) is 5.82 Å². The average Bonchev–Trinajstić information content (AvgIpc) is 2.99. The van der Waals surface area contributed by atoms with E-state index in [0.717, 1.165) is 28.3 Å². The van der Waals surface area contributed by atoms with E-state index in [2.05, 4.69) is 15.1 Å². The summed E-state index contributed by atoms with van der Waals surface area (Å²) in [6.07, 6.45) is 3.24. The Labute approximate surface area is 110 Å². The topological polar surface area (TPSA) is 60.0 Å². The molecule has 3 heterocycles. The van der Waals surface area contributed by atoms with E-state index in [4.69, 9.17) is 4.42 Å². The molecule has 0 unspecified atom stereocenters. The number of hydrogen-bond donors (Lipinski definition) is 0. The highest BCUT2D eigenvalue weighted by atomic mass is 16.3. The van der Waals surface area contributed by atoms with Crippen molar-refractivity contribution in [1.29, 1.82) is 0 Å². The molecule has 6 heteroatoms. The monoisotopic (exact) mass is 257 g/mol. The highest BCUT2D eigenvalue weighted by Gasteiger charge is 2.15. The van der Waals surface area contributed by atoms with Gasteiger partial charge in [0, 0.05) is 14.1 Å². The number of anilines is 1. The van der Waals surface area contributed by atoms with Gasteiger partial charge in [-0.3, -0.25) is 4.68 Å². The van der Waals surface area contributed by atoms with Crippen LogP contribution in [0.15, 0.2) is 29.1 Å². The number of nitrogens with zero attached hydrogens (tertiary/aromatic N) is 5. The molecule has 0 amide bonds. The molecule has 0 saturated carbocycles. The lowest BCUT2D eigenvalue weighted by atomic mass is 10.3. The Bertz CT molecular complexity index is 701. The molecular weight excluding hydrogens is 242 g/mol. The van der Waals surface area contributed by atoms with Crippen LogP contribution < -0.4 is 4.90 Å². The summed E-state index contributed by atoms with van der Waals surface area (Å²) in [5.41, 5.74) is 1.77. The van der Waals surface area contributed by atoms with Gasteiger partial charge < -0.3 is 9.32 Å². The molecule has 3 rings (SSSR count). The molecule has 0 aliphatic rings. The third kappa shape index (κ3) is 1.95. The van der Waals surface area contributed by atoms with Gasteiger partial charge in [-0.1, -0.05) is 0 Å². The van der Waals surface area contributed by atoms with Gasteiger partial charge >= 0.3 is 0 Å². The fraction of sp³-hybridized carbons (Fsp3) is 0.308.